The zero-order chi connectivity index (χ0) is 13.7. The molecule has 0 aliphatic carbocycles. The van der Waals surface area contributed by atoms with Gasteiger partial charge < -0.3 is 9.88 Å². The molecule has 3 rings (SSSR count). The Kier molecular flexibility index (Phi) is 2.50. The van der Waals surface area contributed by atoms with Gasteiger partial charge in [-0.1, -0.05) is 6.58 Å². The zero-order valence-corrected chi connectivity index (χ0v) is 11.8. The Morgan fingerprint density at radius 2 is 2.11 bits per heavy atom. The largest absolute Gasteiger partial charge is 0.357 e. The van der Waals surface area contributed by atoms with Crippen LogP contribution in [0.5, 0.6) is 0 Å². The van der Waals surface area contributed by atoms with Crippen molar-refractivity contribution in [3.8, 4) is 10.7 Å². The molecule has 3 heterocycles. The summed E-state index contributed by atoms with van der Waals surface area (Å²) >= 11 is 1.53. The summed E-state index contributed by atoms with van der Waals surface area (Å²) < 4.78 is 0. The molecule has 2 aromatic heterocycles. The normalized spacial score (nSPS) is 15.1. The topological polar surface area (TPSA) is 52.2 Å². The molecular formula is C13H14N4OS. The van der Waals surface area contributed by atoms with Crippen LogP contribution in [0.15, 0.2) is 24.0 Å². The van der Waals surface area contributed by atoms with E-state index in [4.69, 9.17) is 0 Å². The van der Waals surface area contributed by atoms with Crippen LogP contribution < -0.4 is 4.90 Å². The lowest BCUT2D eigenvalue weighted by atomic mass is 10.1. The summed E-state index contributed by atoms with van der Waals surface area (Å²) in [5.74, 6) is 0.612. The molecule has 0 radical (unpaired) electrons. The molecule has 1 N–H and O–H groups in total. The first-order chi connectivity index (χ1) is 9.00. The van der Waals surface area contributed by atoms with Crippen molar-refractivity contribution in [1.82, 2.24) is 14.9 Å². The van der Waals surface area contributed by atoms with Crippen LogP contribution >= 0.6 is 11.3 Å². The van der Waals surface area contributed by atoms with E-state index in [0.717, 1.165) is 22.1 Å². The molecule has 0 saturated carbocycles. The maximum absolute atomic E-state index is 12.4. The lowest BCUT2D eigenvalue weighted by Crippen LogP contribution is -2.39. The summed E-state index contributed by atoms with van der Waals surface area (Å²) in [5, 5.41) is 2.81. The van der Waals surface area contributed by atoms with Gasteiger partial charge in [0.1, 0.15) is 10.8 Å². The Balaban J connectivity index is 2.20. The number of rotatable bonds is 1. The number of aromatic amines is 1. The van der Waals surface area contributed by atoms with Gasteiger partial charge in [0.05, 0.1) is 16.9 Å². The minimum atomic E-state index is -0.0535. The van der Waals surface area contributed by atoms with E-state index in [1.807, 2.05) is 30.4 Å². The molecule has 19 heavy (non-hydrogen) atoms. The van der Waals surface area contributed by atoms with Crippen LogP contribution in [-0.4, -0.2) is 34.9 Å². The number of nitrogens with zero attached hydrogens (tertiary/aromatic N) is 3. The fourth-order valence-corrected chi connectivity index (χ4v) is 2.99. The number of amides is 1. The number of H-pyrrole nitrogens is 1. The van der Waals surface area contributed by atoms with E-state index in [1.54, 1.807) is 11.9 Å². The number of carbonyl (C=O) groups excluding carboxylic acids is 1. The summed E-state index contributed by atoms with van der Waals surface area (Å²) in [6.45, 7) is 5.86. The summed E-state index contributed by atoms with van der Waals surface area (Å²) in [4.78, 5) is 23.5. The molecule has 1 aliphatic heterocycles. The second kappa shape index (κ2) is 3.96. The molecule has 2 aromatic rings. The predicted molar refractivity (Wildman–Crippen MR) is 76.3 cm³/mol. The number of carbonyl (C=O) groups is 1. The second-order valence-corrected chi connectivity index (χ2v) is 5.42. The van der Waals surface area contributed by atoms with Gasteiger partial charge >= 0.3 is 0 Å². The number of anilines is 1. The molecule has 98 valence electrons. The van der Waals surface area contributed by atoms with Crippen molar-refractivity contribution in [1.29, 1.82) is 0 Å². The van der Waals surface area contributed by atoms with Gasteiger partial charge in [-0.2, -0.15) is 0 Å². The van der Waals surface area contributed by atoms with Crippen LogP contribution in [-0.2, 0) is 0 Å². The SMILES string of the molecule is C=C1N(C)C(=O)c2c(c[nH]c2-c2nc(C)cs2)N1C. The van der Waals surface area contributed by atoms with E-state index in [9.17, 15) is 4.79 Å². The number of hydrogen-bond acceptors (Lipinski definition) is 4. The molecular weight excluding hydrogens is 260 g/mol. The first kappa shape index (κ1) is 12.0. The number of aromatic nitrogens is 2. The van der Waals surface area contributed by atoms with Crippen LogP contribution in [0, 0.1) is 6.92 Å². The number of nitrogens with one attached hydrogen (secondary N) is 1. The van der Waals surface area contributed by atoms with E-state index in [-0.39, 0.29) is 5.91 Å². The van der Waals surface area contributed by atoms with Crippen molar-refractivity contribution in [2.75, 3.05) is 19.0 Å². The van der Waals surface area contributed by atoms with E-state index in [2.05, 4.69) is 16.5 Å². The van der Waals surface area contributed by atoms with Gasteiger partial charge in [0.2, 0.25) is 0 Å². The monoisotopic (exact) mass is 274 g/mol. The highest BCUT2D eigenvalue weighted by molar-refractivity contribution is 7.13. The molecule has 0 unspecified atom stereocenters. The average Bonchev–Trinajstić information content (AvgIpc) is 2.99. The molecule has 1 aliphatic rings. The number of thiazole rings is 1. The van der Waals surface area contributed by atoms with Gasteiger partial charge in [-0.3, -0.25) is 9.69 Å². The highest BCUT2D eigenvalue weighted by Crippen LogP contribution is 2.37. The van der Waals surface area contributed by atoms with Crippen LogP contribution in [0.4, 0.5) is 5.69 Å². The maximum Gasteiger partial charge on any atom is 0.263 e. The quantitative estimate of drug-likeness (QED) is 0.869. The van der Waals surface area contributed by atoms with Gasteiger partial charge in [0, 0.05) is 31.4 Å². The van der Waals surface area contributed by atoms with Crippen LogP contribution in [0.3, 0.4) is 0 Å². The van der Waals surface area contributed by atoms with Crippen molar-refractivity contribution in [2.45, 2.75) is 6.92 Å². The predicted octanol–water partition coefficient (Wildman–Crippen LogP) is 2.44. The van der Waals surface area contributed by atoms with Gasteiger partial charge in [-0.05, 0) is 6.92 Å². The Morgan fingerprint density at radius 1 is 1.37 bits per heavy atom. The highest BCUT2D eigenvalue weighted by Gasteiger charge is 2.33. The van der Waals surface area contributed by atoms with Crippen molar-refractivity contribution in [2.24, 2.45) is 0 Å². The van der Waals surface area contributed by atoms with E-state index < -0.39 is 0 Å². The number of hydrogen-bond donors (Lipinski definition) is 1. The minimum absolute atomic E-state index is 0.0535. The standard InChI is InChI=1S/C13H14N4OS/c1-7-6-19-12(15-7)11-10-9(5-14-11)16(3)8(2)17(4)13(10)18/h5-6,14H,2H2,1,3-4H3. The zero-order valence-electron chi connectivity index (χ0n) is 11.0. The van der Waals surface area contributed by atoms with E-state index >= 15 is 0 Å². The Labute approximate surface area is 115 Å². The van der Waals surface area contributed by atoms with Crippen LogP contribution in [0.2, 0.25) is 0 Å². The van der Waals surface area contributed by atoms with Gasteiger partial charge in [0.15, 0.2) is 0 Å². The highest BCUT2D eigenvalue weighted by atomic mass is 32.1. The van der Waals surface area contributed by atoms with Gasteiger partial charge in [0.25, 0.3) is 5.91 Å². The molecule has 0 aromatic carbocycles. The number of aryl methyl sites for hydroxylation is 1. The van der Waals surface area contributed by atoms with Gasteiger partial charge in [-0.15, -0.1) is 11.3 Å². The fraction of sp³-hybridized carbons (Fsp3) is 0.231. The molecule has 6 heteroatoms. The molecule has 5 nitrogen and oxygen atoms in total. The van der Waals surface area contributed by atoms with Crippen molar-refractivity contribution in [3.05, 3.63) is 35.2 Å². The van der Waals surface area contributed by atoms with E-state index in [0.29, 0.717) is 11.4 Å². The van der Waals surface area contributed by atoms with E-state index in [1.165, 1.54) is 11.3 Å². The van der Waals surface area contributed by atoms with Crippen molar-refractivity contribution in [3.63, 3.8) is 0 Å². The van der Waals surface area contributed by atoms with Crippen molar-refractivity contribution < 1.29 is 4.79 Å². The smallest absolute Gasteiger partial charge is 0.263 e. The summed E-state index contributed by atoms with van der Waals surface area (Å²) in [6, 6.07) is 0. The third-order valence-electron chi connectivity index (χ3n) is 3.35. The second-order valence-electron chi connectivity index (χ2n) is 4.56. The summed E-state index contributed by atoms with van der Waals surface area (Å²) in [7, 11) is 3.63. The Bertz CT molecular complexity index is 685. The summed E-state index contributed by atoms with van der Waals surface area (Å²) in [5.41, 5.74) is 3.24. The Hall–Kier alpha value is -2.08. The minimum Gasteiger partial charge on any atom is -0.357 e. The first-order valence-electron chi connectivity index (χ1n) is 5.85. The number of fused-ring (bicyclic) bond motifs is 1. The Morgan fingerprint density at radius 3 is 2.74 bits per heavy atom. The third-order valence-corrected chi connectivity index (χ3v) is 4.32. The van der Waals surface area contributed by atoms with Crippen LogP contribution in [0.1, 0.15) is 16.1 Å². The third kappa shape index (κ3) is 1.60. The lowest BCUT2D eigenvalue weighted by molar-refractivity contribution is 0.0827. The molecule has 0 saturated heterocycles. The van der Waals surface area contributed by atoms with Gasteiger partial charge in [-0.25, -0.2) is 4.98 Å². The first-order valence-corrected chi connectivity index (χ1v) is 6.73. The fourth-order valence-electron chi connectivity index (χ4n) is 2.18. The lowest BCUT2D eigenvalue weighted by Gasteiger charge is -2.33. The molecule has 0 fully saturated rings. The average molecular weight is 274 g/mol. The molecule has 0 bridgehead atoms. The van der Waals surface area contributed by atoms with Crippen LogP contribution in [0.25, 0.3) is 10.7 Å². The molecule has 0 spiro atoms. The van der Waals surface area contributed by atoms with Crippen molar-refractivity contribution >= 4 is 22.9 Å². The maximum atomic E-state index is 12.4. The molecule has 0 atom stereocenters. The molecule has 1 amide bonds. The summed E-state index contributed by atoms with van der Waals surface area (Å²) in [6.07, 6.45) is 1.83.